The highest BCUT2D eigenvalue weighted by atomic mass is 14.9. The maximum atomic E-state index is 6.05. The highest BCUT2D eigenvalue weighted by Crippen LogP contribution is 2.23. The van der Waals surface area contributed by atoms with Gasteiger partial charge in [-0.1, -0.05) is 36.8 Å². The van der Waals surface area contributed by atoms with Crippen molar-refractivity contribution in [2.24, 2.45) is 0 Å². The zero-order chi connectivity index (χ0) is 13.7. The molecule has 3 nitrogen and oxygen atoms in total. The molecule has 0 amide bonds. The molecule has 1 atom stereocenters. The van der Waals surface area contributed by atoms with Crippen molar-refractivity contribution < 1.29 is 0 Å². The van der Waals surface area contributed by atoms with E-state index < -0.39 is 0 Å². The van der Waals surface area contributed by atoms with Gasteiger partial charge in [0, 0.05) is 29.7 Å². The number of benzene rings is 1. The molecule has 0 aliphatic carbocycles. The summed E-state index contributed by atoms with van der Waals surface area (Å²) in [5, 5.41) is 3.48. The van der Waals surface area contributed by atoms with E-state index in [1.807, 2.05) is 12.3 Å². The van der Waals surface area contributed by atoms with E-state index in [0.717, 1.165) is 24.2 Å². The highest BCUT2D eigenvalue weighted by Gasteiger charge is 2.14. The van der Waals surface area contributed by atoms with Crippen LogP contribution in [0.5, 0.6) is 0 Å². The third-order valence-corrected chi connectivity index (χ3v) is 3.27. The van der Waals surface area contributed by atoms with E-state index in [4.69, 9.17) is 5.73 Å². The number of nitrogens with two attached hydrogens (primary N) is 1. The second-order valence-electron chi connectivity index (χ2n) is 4.80. The monoisotopic (exact) mass is 255 g/mol. The third kappa shape index (κ3) is 3.55. The van der Waals surface area contributed by atoms with Crippen molar-refractivity contribution in [2.45, 2.75) is 26.3 Å². The second kappa shape index (κ2) is 6.34. The molecule has 100 valence electrons. The van der Waals surface area contributed by atoms with Gasteiger partial charge in [-0.2, -0.15) is 0 Å². The molecule has 1 heterocycles. The van der Waals surface area contributed by atoms with Crippen LogP contribution in [0, 0.1) is 6.92 Å². The Morgan fingerprint density at radius 3 is 2.58 bits per heavy atom. The molecule has 19 heavy (non-hydrogen) atoms. The number of aromatic nitrogens is 1. The van der Waals surface area contributed by atoms with Crippen molar-refractivity contribution in [3.05, 3.63) is 59.4 Å². The topological polar surface area (TPSA) is 50.9 Å². The summed E-state index contributed by atoms with van der Waals surface area (Å²) in [5.41, 5.74) is 10.5. The van der Waals surface area contributed by atoms with Gasteiger partial charge in [0.25, 0.3) is 0 Å². The number of pyridine rings is 1. The van der Waals surface area contributed by atoms with E-state index in [0.29, 0.717) is 0 Å². The number of anilines is 1. The Balaban J connectivity index is 2.21. The van der Waals surface area contributed by atoms with Gasteiger partial charge in [-0.05, 0) is 31.5 Å². The minimum Gasteiger partial charge on any atom is -0.398 e. The summed E-state index contributed by atoms with van der Waals surface area (Å²) < 4.78 is 0. The van der Waals surface area contributed by atoms with Crippen LogP contribution >= 0.6 is 0 Å². The molecule has 0 fully saturated rings. The molecule has 0 aliphatic rings. The van der Waals surface area contributed by atoms with Gasteiger partial charge in [-0.3, -0.25) is 4.98 Å². The molecule has 0 saturated heterocycles. The van der Waals surface area contributed by atoms with Crippen LogP contribution in [0.4, 0.5) is 5.69 Å². The van der Waals surface area contributed by atoms with Crippen molar-refractivity contribution in [2.75, 3.05) is 12.3 Å². The number of likely N-dealkylation sites (N-methyl/N-ethyl adjacent to an activating group) is 1. The first-order chi connectivity index (χ1) is 9.20. The summed E-state index contributed by atoms with van der Waals surface area (Å²) >= 11 is 0. The minimum atomic E-state index is 0.210. The van der Waals surface area contributed by atoms with Crippen LogP contribution < -0.4 is 11.1 Å². The van der Waals surface area contributed by atoms with Crippen molar-refractivity contribution in [1.29, 1.82) is 0 Å². The lowest BCUT2D eigenvalue weighted by Gasteiger charge is -2.19. The first-order valence-corrected chi connectivity index (χ1v) is 6.69. The standard InChI is InChI=1S/C16H21N3/c1-3-19-16(14-11-18-9-8-15(14)17)10-13-6-4-12(2)5-7-13/h4-9,11,16,19H,3,10H2,1-2H3,(H2,17,18). The Morgan fingerprint density at radius 2 is 1.95 bits per heavy atom. The number of hydrogen-bond acceptors (Lipinski definition) is 3. The first-order valence-electron chi connectivity index (χ1n) is 6.69. The molecule has 0 spiro atoms. The fourth-order valence-electron chi connectivity index (χ4n) is 2.21. The Morgan fingerprint density at radius 1 is 1.21 bits per heavy atom. The highest BCUT2D eigenvalue weighted by molar-refractivity contribution is 5.46. The zero-order valence-electron chi connectivity index (χ0n) is 11.6. The molecular formula is C16H21N3. The van der Waals surface area contributed by atoms with Crippen LogP contribution in [-0.4, -0.2) is 11.5 Å². The van der Waals surface area contributed by atoms with Gasteiger partial charge in [-0.15, -0.1) is 0 Å². The number of nitrogen functional groups attached to an aromatic ring is 1. The predicted octanol–water partition coefficient (Wildman–Crippen LogP) is 2.87. The lowest BCUT2D eigenvalue weighted by Crippen LogP contribution is -2.24. The first kappa shape index (κ1) is 13.6. The molecule has 0 aliphatic heterocycles. The SMILES string of the molecule is CCNC(Cc1ccc(C)cc1)c1cnccc1N. The maximum absolute atomic E-state index is 6.05. The van der Waals surface area contributed by atoms with Gasteiger partial charge in [0.2, 0.25) is 0 Å². The van der Waals surface area contributed by atoms with Crippen LogP contribution in [-0.2, 0) is 6.42 Å². The molecule has 0 saturated carbocycles. The lowest BCUT2D eigenvalue weighted by molar-refractivity contribution is 0.549. The predicted molar refractivity (Wildman–Crippen MR) is 80.0 cm³/mol. The summed E-state index contributed by atoms with van der Waals surface area (Å²) in [6.45, 7) is 5.12. The van der Waals surface area contributed by atoms with Gasteiger partial charge in [0.05, 0.1) is 0 Å². The van der Waals surface area contributed by atoms with Crippen molar-refractivity contribution in [3.8, 4) is 0 Å². The Kier molecular flexibility index (Phi) is 4.53. The minimum absolute atomic E-state index is 0.210. The van der Waals surface area contributed by atoms with E-state index in [1.165, 1.54) is 11.1 Å². The van der Waals surface area contributed by atoms with E-state index in [9.17, 15) is 0 Å². The fraction of sp³-hybridized carbons (Fsp3) is 0.312. The molecule has 1 unspecified atom stereocenters. The van der Waals surface area contributed by atoms with Crippen LogP contribution in [0.1, 0.15) is 29.7 Å². The molecule has 3 N–H and O–H groups in total. The number of aryl methyl sites for hydroxylation is 1. The average molecular weight is 255 g/mol. The quantitative estimate of drug-likeness (QED) is 0.863. The molecule has 1 aromatic heterocycles. The molecule has 2 aromatic rings. The fourth-order valence-corrected chi connectivity index (χ4v) is 2.21. The normalized spacial score (nSPS) is 12.3. The summed E-state index contributed by atoms with van der Waals surface area (Å²) in [5.74, 6) is 0. The summed E-state index contributed by atoms with van der Waals surface area (Å²) in [6.07, 6.45) is 4.51. The zero-order valence-corrected chi connectivity index (χ0v) is 11.6. The second-order valence-corrected chi connectivity index (χ2v) is 4.80. The Bertz CT molecular complexity index is 520. The molecule has 0 radical (unpaired) electrons. The molecule has 1 aromatic carbocycles. The molecule has 3 heteroatoms. The van der Waals surface area contributed by atoms with Gasteiger partial charge >= 0.3 is 0 Å². The lowest BCUT2D eigenvalue weighted by atomic mass is 9.98. The van der Waals surface area contributed by atoms with Crippen molar-refractivity contribution in [3.63, 3.8) is 0 Å². The summed E-state index contributed by atoms with van der Waals surface area (Å²) in [4.78, 5) is 4.18. The maximum Gasteiger partial charge on any atom is 0.0396 e. The van der Waals surface area contributed by atoms with Crippen LogP contribution in [0.25, 0.3) is 0 Å². The molecular weight excluding hydrogens is 234 g/mol. The van der Waals surface area contributed by atoms with Gasteiger partial charge in [-0.25, -0.2) is 0 Å². The number of nitrogens with zero attached hydrogens (tertiary/aromatic N) is 1. The third-order valence-electron chi connectivity index (χ3n) is 3.27. The van der Waals surface area contributed by atoms with Gasteiger partial charge in [0.1, 0.15) is 0 Å². The van der Waals surface area contributed by atoms with Crippen LogP contribution in [0.2, 0.25) is 0 Å². The number of hydrogen-bond donors (Lipinski definition) is 2. The number of nitrogens with one attached hydrogen (secondary N) is 1. The smallest absolute Gasteiger partial charge is 0.0396 e. The van der Waals surface area contributed by atoms with Gasteiger partial charge < -0.3 is 11.1 Å². The molecule has 0 bridgehead atoms. The van der Waals surface area contributed by atoms with Crippen LogP contribution in [0.15, 0.2) is 42.7 Å². The molecule has 2 rings (SSSR count). The van der Waals surface area contributed by atoms with E-state index in [-0.39, 0.29) is 6.04 Å². The Labute approximate surface area is 114 Å². The van der Waals surface area contributed by atoms with E-state index in [2.05, 4.69) is 48.4 Å². The Hall–Kier alpha value is -1.87. The van der Waals surface area contributed by atoms with Crippen LogP contribution in [0.3, 0.4) is 0 Å². The van der Waals surface area contributed by atoms with Gasteiger partial charge in [0.15, 0.2) is 0 Å². The van der Waals surface area contributed by atoms with Crippen molar-refractivity contribution >= 4 is 5.69 Å². The van der Waals surface area contributed by atoms with Crippen molar-refractivity contribution in [1.82, 2.24) is 10.3 Å². The number of rotatable bonds is 5. The van der Waals surface area contributed by atoms with E-state index in [1.54, 1.807) is 6.20 Å². The largest absolute Gasteiger partial charge is 0.398 e. The summed E-state index contributed by atoms with van der Waals surface area (Å²) in [6, 6.07) is 10.7. The summed E-state index contributed by atoms with van der Waals surface area (Å²) in [7, 11) is 0. The van der Waals surface area contributed by atoms with E-state index >= 15 is 0 Å². The average Bonchev–Trinajstić information content (AvgIpc) is 2.41.